The Morgan fingerprint density at radius 2 is 0.429 bits per heavy atom. The molecule has 42 heavy (non-hydrogen) atoms. The third-order valence-corrected chi connectivity index (χ3v) is 12.8. The van der Waals surface area contributed by atoms with Gasteiger partial charge in [-0.15, -0.1) is 0 Å². The molecule has 0 heterocycles. The minimum atomic E-state index is -2.19. The van der Waals surface area contributed by atoms with Crippen molar-refractivity contribution in [3.63, 3.8) is 0 Å². The monoisotopic (exact) mass is 642 g/mol. The normalized spacial score (nSPS) is 13.0. The van der Waals surface area contributed by atoms with Gasteiger partial charge in [-0.3, -0.25) is 0 Å². The molecule has 0 saturated carbocycles. The minimum Gasteiger partial charge on any atom is -1.00 e. The highest BCUT2D eigenvalue weighted by atomic mass is 79.9. The minimum absolute atomic E-state index is 0. The van der Waals surface area contributed by atoms with Gasteiger partial charge in [-0.05, 0) is 92.4 Å². The first kappa shape index (κ1) is 34.3. The number of rotatable bonds is 4. The molecule has 4 rings (SSSR count). The van der Waals surface area contributed by atoms with Crippen LogP contribution in [0.4, 0.5) is 0 Å². The van der Waals surface area contributed by atoms with Crippen molar-refractivity contribution in [1.82, 2.24) is 0 Å². The topological polar surface area (TPSA) is 0 Å². The van der Waals surface area contributed by atoms with Gasteiger partial charge in [0.05, 0.1) is 0 Å². The lowest BCUT2D eigenvalue weighted by Gasteiger charge is -2.30. The second-order valence-corrected chi connectivity index (χ2v) is 19.3. The molecule has 0 fully saturated rings. The highest BCUT2D eigenvalue weighted by Crippen LogP contribution is 2.55. The molecule has 0 aromatic heterocycles. The predicted octanol–water partition coefficient (Wildman–Crippen LogP) is 6.50. The van der Waals surface area contributed by atoms with E-state index in [4.69, 9.17) is 0 Å². The molecule has 0 aliphatic heterocycles. The summed E-state index contributed by atoms with van der Waals surface area (Å²) in [7, 11) is -2.19. The summed E-state index contributed by atoms with van der Waals surface area (Å²) in [6.07, 6.45) is 0. The maximum Gasteiger partial charge on any atom is 0.144 e. The molecule has 2 heteroatoms. The maximum absolute atomic E-state index is 2.42. The van der Waals surface area contributed by atoms with Crippen LogP contribution in [0.15, 0.2) is 97.1 Å². The SMILES string of the molecule is CC(C)(C)c1ccc([P+](c2ccc(C(C)(C)C)cc2)(c2ccc(C(C)(C)C)cc2)c2ccc(C(C)(C)C)cc2)cc1.[Br-]. The number of halogens is 1. The van der Waals surface area contributed by atoms with Gasteiger partial charge in [-0.1, -0.05) is 132 Å². The lowest BCUT2D eigenvalue weighted by atomic mass is 9.87. The Morgan fingerprint density at radius 3 is 0.548 bits per heavy atom. The van der Waals surface area contributed by atoms with Crippen molar-refractivity contribution in [3.8, 4) is 0 Å². The summed E-state index contributed by atoms with van der Waals surface area (Å²) >= 11 is 0. The van der Waals surface area contributed by atoms with Gasteiger partial charge in [0.1, 0.15) is 28.5 Å². The summed E-state index contributed by atoms with van der Waals surface area (Å²) < 4.78 is 0. The molecule has 0 bridgehead atoms. The Labute approximate surface area is 268 Å². The van der Waals surface area contributed by atoms with E-state index in [0.29, 0.717) is 0 Å². The summed E-state index contributed by atoms with van der Waals surface area (Å²) in [6.45, 7) is 27.6. The van der Waals surface area contributed by atoms with Gasteiger partial charge >= 0.3 is 0 Å². The van der Waals surface area contributed by atoms with Gasteiger partial charge < -0.3 is 17.0 Å². The summed E-state index contributed by atoms with van der Waals surface area (Å²) in [6, 6.07) is 38.2. The van der Waals surface area contributed by atoms with Crippen molar-refractivity contribution in [2.75, 3.05) is 0 Å². The average molecular weight is 644 g/mol. The molecule has 0 radical (unpaired) electrons. The molecular weight excluding hydrogens is 591 g/mol. The van der Waals surface area contributed by atoms with Crippen molar-refractivity contribution in [2.45, 2.75) is 105 Å². The van der Waals surface area contributed by atoms with E-state index in [9.17, 15) is 0 Å². The van der Waals surface area contributed by atoms with Crippen molar-refractivity contribution >= 4 is 28.5 Å². The van der Waals surface area contributed by atoms with Crippen molar-refractivity contribution in [1.29, 1.82) is 0 Å². The number of benzene rings is 4. The van der Waals surface area contributed by atoms with Gasteiger partial charge in [-0.2, -0.15) is 0 Å². The fourth-order valence-electron chi connectivity index (χ4n) is 5.63. The van der Waals surface area contributed by atoms with Crippen LogP contribution in [0.1, 0.15) is 105 Å². The Bertz CT molecular complexity index is 1210. The van der Waals surface area contributed by atoms with Crippen LogP contribution in [0.5, 0.6) is 0 Å². The third-order valence-electron chi connectivity index (χ3n) is 8.48. The van der Waals surface area contributed by atoms with E-state index < -0.39 is 7.26 Å². The smallest absolute Gasteiger partial charge is 0.144 e. The molecule has 0 atom stereocenters. The van der Waals surface area contributed by atoms with Gasteiger partial charge in [0.15, 0.2) is 0 Å². The molecule has 0 spiro atoms. The number of hydrogen-bond donors (Lipinski definition) is 0. The fraction of sp³-hybridized carbons (Fsp3) is 0.400. The Hall–Kier alpha value is -2.21. The quantitative estimate of drug-likeness (QED) is 0.223. The Morgan fingerprint density at radius 1 is 0.286 bits per heavy atom. The van der Waals surface area contributed by atoms with Gasteiger partial charge in [-0.25, -0.2) is 0 Å². The molecule has 0 aliphatic rings. The molecular formula is C40H52BrP. The predicted molar refractivity (Wildman–Crippen MR) is 186 cm³/mol. The molecule has 0 amide bonds. The van der Waals surface area contributed by atoms with Gasteiger partial charge in [0, 0.05) is 0 Å². The van der Waals surface area contributed by atoms with E-state index in [1.807, 2.05) is 0 Å². The largest absolute Gasteiger partial charge is 1.00 e. The highest BCUT2D eigenvalue weighted by molar-refractivity contribution is 8.01. The number of hydrogen-bond acceptors (Lipinski definition) is 0. The van der Waals surface area contributed by atoms with E-state index in [2.05, 4.69) is 180 Å². The van der Waals surface area contributed by atoms with Gasteiger partial charge in [0.2, 0.25) is 0 Å². The van der Waals surface area contributed by atoms with Crippen molar-refractivity contribution in [2.24, 2.45) is 0 Å². The van der Waals surface area contributed by atoms with Crippen LogP contribution in [0.2, 0.25) is 0 Å². The average Bonchev–Trinajstić information content (AvgIpc) is 2.88. The summed E-state index contributed by atoms with van der Waals surface area (Å²) in [5.41, 5.74) is 5.91. The molecule has 4 aromatic rings. The molecule has 0 N–H and O–H groups in total. The second-order valence-electron chi connectivity index (χ2n) is 15.9. The van der Waals surface area contributed by atoms with E-state index in [1.165, 1.54) is 43.5 Å². The van der Waals surface area contributed by atoms with E-state index in [0.717, 1.165) is 0 Å². The molecule has 224 valence electrons. The first-order valence-electron chi connectivity index (χ1n) is 15.2. The maximum atomic E-state index is 2.42. The zero-order valence-corrected chi connectivity index (χ0v) is 30.5. The lowest BCUT2D eigenvalue weighted by Crippen LogP contribution is -3.00. The van der Waals surface area contributed by atoms with Crippen LogP contribution in [-0.4, -0.2) is 0 Å². The lowest BCUT2D eigenvalue weighted by molar-refractivity contribution is -0.00001000. The zero-order valence-electron chi connectivity index (χ0n) is 28.1. The first-order chi connectivity index (χ1) is 18.8. The summed E-state index contributed by atoms with van der Waals surface area (Å²) in [5, 5.41) is 5.61. The molecule has 0 unspecified atom stereocenters. The molecule has 0 aliphatic carbocycles. The van der Waals surface area contributed by atoms with Crippen molar-refractivity contribution < 1.29 is 17.0 Å². The first-order valence-corrected chi connectivity index (χ1v) is 17.0. The van der Waals surface area contributed by atoms with E-state index in [-0.39, 0.29) is 38.6 Å². The third kappa shape index (κ3) is 6.95. The van der Waals surface area contributed by atoms with E-state index >= 15 is 0 Å². The second kappa shape index (κ2) is 12.1. The zero-order chi connectivity index (χ0) is 30.4. The van der Waals surface area contributed by atoms with Gasteiger partial charge in [0.25, 0.3) is 0 Å². The fourth-order valence-corrected chi connectivity index (χ4v) is 9.81. The Balaban J connectivity index is 0.00000484. The van der Waals surface area contributed by atoms with Crippen LogP contribution < -0.4 is 38.2 Å². The Kier molecular flexibility index (Phi) is 9.84. The van der Waals surface area contributed by atoms with Crippen LogP contribution in [0, 0.1) is 0 Å². The standard InChI is InChI=1S/C40H52P.BrH/c1-37(2,3)29-13-21-33(22-14-29)41(34-23-15-30(16-24-34)38(4,5)6,35-25-17-31(18-26-35)39(7,8)9)36-27-19-32(20-28-36)40(10,11)12;/h13-28H,1-12H3;1H/q+1;/p-1. The summed E-state index contributed by atoms with van der Waals surface area (Å²) in [4.78, 5) is 0. The van der Waals surface area contributed by atoms with E-state index in [1.54, 1.807) is 0 Å². The highest BCUT2D eigenvalue weighted by Gasteiger charge is 2.48. The molecule has 0 saturated heterocycles. The van der Waals surface area contributed by atoms with Crippen LogP contribution >= 0.6 is 7.26 Å². The van der Waals surface area contributed by atoms with Crippen molar-refractivity contribution in [3.05, 3.63) is 119 Å². The molecule has 0 nitrogen and oxygen atoms in total. The van der Waals surface area contributed by atoms with Crippen LogP contribution in [0.25, 0.3) is 0 Å². The molecule has 4 aromatic carbocycles. The van der Waals surface area contributed by atoms with Crippen LogP contribution in [-0.2, 0) is 21.7 Å². The summed E-state index contributed by atoms with van der Waals surface area (Å²) in [5.74, 6) is 0. The van der Waals surface area contributed by atoms with Crippen LogP contribution in [0.3, 0.4) is 0 Å².